The van der Waals surface area contributed by atoms with Gasteiger partial charge in [0.1, 0.15) is 0 Å². The molecule has 0 unspecified atom stereocenters. The van der Waals surface area contributed by atoms with E-state index in [2.05, 4.69) is 53.4 Å². The van der Waals surface area contributed by atoms with Crippen LogP contribution < -0.4 is 0 Å². The molecular weight excluding hydrogens is 206 g/mol. The zero-order chi connectivity index (χ0) is 11.2. The molecule has 84 valence electrons. The first-order chi connectivity index (χ1) is 8.45. The van der Waals surface area contributed by atoms with Crippen LogP contribution in [-0.4, -0.2) is 18.0 Å². The lowest BCUT2D eigenvalue weighted by atomic mass is 10.00. The minimum atomic E-state index is 0.510. The molecule has 0 saturated carbocycles. The third kappa shape index (κ3) is 1.23. The molecule has 2 aromatic rings. The average Bonchev–Trinajstić information content (AvgIpc) is 2.64. The predicted molar refractivity (Wildman–Crippen MR) is 69.9 cm³/mol. The first-order valence-corrected chi connectivity index (χ1v) is 6.37. The number of hydrogen-bond acceptors (Lipinski definition) is 1. The van der Waals surface area contributed by atoms with Gasteiger partial charge in [-0.2, -0.15) is 0 Å². The van der Waals surface area contributed by atoms with Crippen molar-refractivity contribution in [1.82, 2.24) is 4.90 Å². The molecule has 2 aromatic carbocycles. The maximum Gasteiger partial charge on any atom is 0.0614 e. The minimum absolute atomic E-state index is 0.510. The predicted octanol–water partition coefficient (Wildman–Crippen LogP) is 3.46. The van der Waals surface area contributed by atoms with Gasteiger partial charge in [-0.15, -0.1) is 0 Å². The van der Waals surface area contributed by atoms with E-state index >= 15 is 0 Å². The van der Waals surface area contributed by atoms with Crippen molar-refractivity contribution < 1.29 is 0 Å². The second-order valence-corrected chi connectivity index (χ2v) is 4.97. The van der Waals surface area contributed by atoms with Crippen LogP contribution in [0, 0.1) is 0 Å². The lowest BCUT2D eigenvalue weighted by molar-refractivity contribution is 0.143. The SMILES string of the molecule is c1ccc2c(c1)-c1ccccc1C2N1CCC1. The van der Waals surface area contributed by atoms with Gasteiger partial charge in [-0.25, -0.2) is 0 Å². The maximum atomic E-state index is 2.59. The smallest absolute Gasteiger partial charge is 0.0614 e. The molecule has 0 aromatic heterocycles. The Hall–Kier alpha value is -1.60. The molecule has 0 spiro atoms. The van der Waals surface area contributed by atoms with Crippen LogP contribution >= 0.6 is 0 Å². The summed E-state index contributed by atoms with van der Waals surface area (Å²) in [5.74, 6) is 0. The van der Waals surface area contributed by atoms with E-state index in [1.54, 1.807) is 0 Å². The molecular formula is C16H15N. The summed E-state index contributed by atoms with van der Waals surface area (Å²) in [4.78, 5) is 2.59. The molecule has 1 heterocycles. The van der Waals surface area contributed by atoms with Gasteiger partial charge in [0, 0.05) is 13.1 Å². The van der Waals surface area contributed by atoms with Crippen molar-refractivity contribution in [2.24, 2.45) is 0 Å². The average molecular weight is 221 g/mol. The lowest BCUT2D eigenvalue weighted by Gasteiger charge is -2.37. The van der Waals surface area contributed by atoms with Crippen LogP contribution in [0.25, 0.3) is 11.1 Å². The Kier molecular flexibility index (Phi) is 1.91. The molecule has 0 radical (unpaired) electrons. The molecule has 1 aliphatic carbocycles. The first-order valence-electron chi connectivity index (χ1n) is 6.37. The van der Waals surface area contributed by atoms with E-state index in [4.69, 9.17) is 0 Å². The first kappa shape index (κ1) is 9.43. The van der Waals surface area contributed by atoms with Gasteiger partial charge in [-0.1, -0.05) is 48.5 Å². The Morgan fingerprint density at radius 2 is 1.29 bits per heavy atom. The number of hydrogen-bond donors (Lipinski definition) is 0. The van der Waals surface area contributed by atoms with Gasteiger partial charge in [0.05, 0.1) is 6.04 Å². The summed E-state index contributed by atoms with van der Waals surface area (Å²) in [5, 5.41) is 0. The Bertz CT molecular complexity index is 524. The summed E-state index contributed by atoms with van der Waals surface area (Å²) >= 11 is 0. The molecule has 1 heteroatoms. The molecule has 0 atom stereocenters. The van der Waals surface area contributed by atoms with E-state index in [0.717, 1.165) is 0 Å². The van der Waals surface area contributed by atoms with Gasteiger partial charge in [-0.3, -0.25) is 4.90 Å². The molecule has 4 rings (SSSR count). The molecule has 0 amide bonds. The van der Waals surface area contributed by atoms with Crippen LogP contribution in [0.1, 0.15) is 23.6 Å². The number of nitrogens with zero attached hydrogens (tertiary/aromatic N) is 1. The Balaban J connectivity index is 1.95. The van der Waals surface area contributed by atoms with Gasteiger partial charge in [0.15, 0.2) is 0 Å². The fraction of sp³-hybridized carbons (Fsp3) is 0.250. The second-order valence-electron chi connectivity index (χ2n) is 4.97. The summed E-state index contributed by atoms with van der Waals surface area (Å²) in [6, 6.07) is 18.2. The molecule has 1 fully saturated rings. The summed E-state index contributed by atoms with van der Waals surface area (Å²) < 4.78 is 0. The van der Waals surface area contributed by atoms with Crippen LogP contribution in [0.5, 0.6) is 0 Å². The highest BCUT2D eigenvalue weighted by atomic mass is 15.2. The third-order valence-electron chi connectivity index (χ3n) is 4.06. The van der Waals surface area contributed by atoms with Crippen LogP contribution in [0.15, 0.2) is 48.5 Å². The van der Waals surface area contributed by atoms with Crippen LogP contribution in [-0.2, 0) is 0 Å². The van der Waals surface area contributed by atoms with Crippen LogP contribution in [0.4, 0.5) is 0 Å². The zero-order valence-electron chi connectivity index (χ0n) is 9.76. The van der Waals surface area contributed by atoms with E-state index in [9.17, 15) is 0 Å². The van der Waals surface area contributed by atoms with Crippen LogP contribution in [0.3, 0.4) is 0 Å². The summed E-state index contributed by atoms with van der Waals surface area (Å²) in [6.07, 6.45) is 1.35. The van der Waals surface area contributed by atoms with Crippen molar-refractivity contribution in [3.05, 3.63) is 59.7 Å². The lowest BCUT2D eigenvalue weighted by Crippen LogP contribution is -2.39. The van der Waals surface area contributed by atoms with Crippen molar-refractivity contribution in [3.8, 4) is 11.1 Å². The molecule has 1 nitrogen and oxygen atoms in total. The number of rotatable bonds is 1. The molecule has 0 bridgehead atoms. The summed E-state index contributed by atoms with van der Waals surface area (Å²) in [6.45, 7) is 2.49. The molecule has 2 aliphatic rings. The Morgan fingerprint density at radius 1 is 0.765 bits per heavy atom. The molecule has 0 N–H and O–H groups in total. The van der Waals surface area contributed by atoms with Gasteiger partial charge in [0.25, 0.3) is 0 Å². The van der Waals surface area contributed by atoms with Crippen molar-refractivity contribution >= 4 is 0 Å². The monoisotopic (exact) mass is 221 g/mol. The van der Waals surface area contributed by atoms with Crippen molar-refractivity contribution in [2.75, 3.05) is 13.1 Å². The topological polar surface area (TPSA) is 3.24 Å². The summed E-state index contributed by atoms with van der Waals surface area (Å²) in [5.41, 5.74) is 5.85. The number of likely N-dealkylation sites (tertiary alicyclic amines) is 1. The van der Waals surface area contributed by atoms with E-state index < -0.39 is 0 Å². The second kappa shape index (κ2) is 3.44. The minimum Gasteiger partial charge on any atom is -0.292 e. The highest BCUT2D eigenvalue weighted by molar-refractivity contribution is 5.78. The van der Waals surface area contributed by atoms with Crippen LogP contribution in [0.2, 0.25) is 0 Å². The van der Waals surface area contributed by atoms with Gasteiger partial charge in [-0.05, 0) is 28.7 Å². The molecule has 17 heavy (non-hydrogen) atoms. The van der Waals surface area contributed by atoms with E-state index in [1.807, 2.05) is 0 Å². The standard InChI is InChI=1S/C16H15N/c1-3-8-14-12(6-1)13-7-2-4-9-15(13)16(14)17-10-5-11-17/h1-4,6-9,16H,5,10-11H2. The number of benzene rings is 2. The van der Waals surface area contributed by atoms with Gasteiger partial charge < -0.3 is 0 Å². The fourth-order valence-corrected chi connectivity index (χ4v) is 3.12. The van der Waals surface area contributed by atoms with E-state index in [-0.39, 0.29) is 0 Å². The van der Waals surface area contributed by atoms with Crippen molar-refractivity contribution in [1.29, 1.82) is 0 Å². The summed E-state index contributed by atoms with van der Waals surface area (Å²) in [7, 11) is 0. The largest absolute Gasteiger partial charge is 0.292 e. The third-order valence-corrected chi connectivity index (χ3v) is 4.06. The fourth-order valence-electron chi connectivity index (χ4n) is 3.12. The van der Waals surface area contributed by atoms with Gasteiger partial charge in [0.2, 0.25) is 0 Å². The zero-order valence-corrected chi connectivity index (χ0v) is 9.76. The quantitative estimate of drug-likeness (QED) is 0.712. The van der Waals surface area contributed by atoms with Crippen molar-refractivity contribution in [2.45, 2.75) is 12.5 Å². The molecule has 1 aliphatic heterocycles. The highest BCUT2D eigenvalue weighted by Crippen LogP contribution is 2.47. The Morgan fingerprint density at radius 3 is 1.76 bits per heavy atom. The normalized spacial score (nSPS) is 18.6. The van der Waals surface area contributed by atoms with E-state index in [0.29, 0.717) is 6.04 Å². The van der Waals surface area contributed by atoms with Gasteiger partial charge >= 0.3 is 0 Å². The number of fused-ring (bicyclic) bond motifs is 3. The Labute approximate surface area is 102 Å². The highest BCUT2D eigenvalue weighted by Gasteiger charge is 2.34. The molecule has 1 saturated heterocycles. The van der Waals surface area contributed by atoms with Crippen molar-refractivity contribution in [3.63, 3.8) is 0 Å². The van der Waals surface area contributed by atoms with E-state index in [1.165, 1.54) is 41.8 Å². The maximum absolute atomic E-state index is 2.59.